The molecule has 1 heterocycles. The van der Waals surface area contributed by atoms with Gasteiger partial charge in [-0.15, -0.1) is 0 Å². The Balaban J connectivity index is 0.00000128. The SMILES string of the molecule is C[C@]1(C(=O)[C@@H](N)Cc2ccccc2)CO1.[CH3-]. The molecule has 0 spiro atoms. The molecule has 0 aliphatic carbocycles. The minimum Gasteiger partial charge on any atom is -0.362 e. The average Bonchev–Trinajstić information content (AvgIpc) is 2.98. The number of hydrogen-bond donors (Lipinski definition) is 1. The first-order chi connectivity index (χ1) is 7.12. The van der Waals surface area contributed by atoms with E-state index in [0.717, 1.165) is 5.56 Å². The van der Waals surface area contributed by atoms with Gasteiger partial charge in [0.25, 0.3) is 0 Å². The first kappa shape index (κ1) is 12.9. The maximum absolute atomic E-state index is 11.8. The summed E-state index contributed by atoms with van der Waals surface area (Å²) in [5.41, 5.74) is 6.33. The summed E-state index contributed by atoms with van der Waals surface area (Å²) >= 11 is 0. The fourth-order valence-corrected chi connectivity index (χ4v) is 1.60. The molecule has 3 heteroatoms. The minimum atomic E-state index is -0.603. The van der Waals surface area contributed by atoms with Crippen LogP contribution >= 0.6 is 0 Å². The third-order valence-electron chi connectivity index (χ3n) is 2.73. The van der Waals surface area contributed by atoms with Gasteiger partial charge in [0.05, 0.1) is 12.6 Å². The summed E-state index contributed by atoms with van der Waals surface area (Å²) in [7, 11) is 0. The number of carbonyl (C=O) groups excluding carboxylic acids is 1. The number of Topliss-reactive ketones (excluding diaryl/α,β-unsaturated/α-hetero) is 1. The van der Waals surface area contributed by atoms with Crippen LogP contribution in [0.3, 0.4) is 0 Å². The van der Waals surface area contributed by atoms with Crippen LogP contribution in [0.4, 0.5) is 0 Å². The van der Waals surface area contributed by atoms with Gasteiger partial charge in [0.1, 0.15) is 5.60 Å². The summed E-state index contributed by atoms with van der Waals surface area (Å²) in [6, 6.07) is 9.33. The second-order valence-corrected chi connectivity index (χ2v) is 4.18. The Hall–Kier alpha value is -1.19. The van der Waals surface area contributed by atoms with Gasteiger partial charge in [0.15, 0.2) is 5.78 Å². The van der Waals surface area contributed by atoms with Gasteiger partial charge in [0.2, 0.25) is 0 Å². The molecule has 1 aliphatic rings. The number of rotatable bonds is 4. The predicted molar refractivity (Wildman–Crippen MR) is 63.9 cm³/mol. The fourth-order valence-electron chi connectivity index (χ4n) is 1.60. The quantitative estimate of drug-likeness (QED) is 0.616. The Morgan fingerprint density at radius 1 is 1.50 bits per heavy atom. The monoisotopic (exact) mass is 220 g/mol. The van der Waals surface area contributed by atoms with E-state index in [9.17, 15) is 4.79 Å². The van der Waals surface area contributed by atoms with Gasteiger partial charge in [-0.25, -0.2) is 0 Å². The summed E-state index contributed by atoms with van der Waals surface area (Å²) in [5.74, 6) is 0.00588. The highest BCUT2D eigenvalue weighted by atomic mass is 16.6. The Morgan fingerprint density at radius 2 is 2.06 bits per heavy atom. The van der Waals surface area contributed by atoms with E-state index < -0.39 is 11.6 Å². The van der Waals surface area contributed by atoms with Gasteiger partial charge in [-0.05, 0) is 18.9 Å². The van der Waals surface area contributed by atoms with Crippen LogP contribution in [-0.2, 0) is 16.0 Å². The molecule has 0 bridgehead atoms. The first-order valence-corrected chi connectivity index (χ1v) is 5.09. The number of ether oxygens (including phenoxy) is 1. The second kappa shape index (κ2) is 4.76. The molecule has 0 radical (unpaired) electrons. The van der Waals surface area contributed by atoms with E-state index in [1.807, 2.05) is 30.3 Å². The van der Waals surface area contributed by atoms with Crippen molar-refractivity contribution in [2.24, 2.45) is 5.73 Å². The zero-order chi connectivity index (χ0) is 10.9. The van der Waals surface area contributed by atoms with Crippen LogP contribution in [0, 0.1) is 7.43 Å². The van der Waals surface area contributed by atoms with Crippen molar-refractivity contribution >= 4 is 5.78 Å². The van der Waals surface area contributed by atoms with Crippen molar-refractivity contribution in [1.29, 1.82) is 0 Å². The van der Waals surface area contributed by atoms with E-state index >= 15 is 0 Å². The molecule has 88 valence electrons. The van der Waals surface area contributed by atoms with E-state index in [0.29, 0.717) is 13.0 Å². The molecule has 1 aliphatic heterocycles. The van der Waals surface area contributed by atoms with Crippen LogP contribution in [0.5, 0.6) is 0 Å². The van der Waals surface area contributed by atoms with Gasteiger partial charge < -0.3 is 17.9 Å². The van der Waals surface area contributed by atoms with Gasteiger partial charge in [-0.2, -0.15) is 0 Å². The number of carbonyl (C=O) groups is 1. The molecule has 1 aromatic rings. The lowest BCUT2D eigenvalue weighted by atomic mass is 9.96. The smallest absolute Gasteiger partial charge is 0.183 e. The van der Waals surface area contributed by atoms with Gasteiger partial charge >= 0.3 is 0 Å². The summed E-state index contributed by atoms with van der Waals surface area (Å²) < 4.78 is 5.09. The maximum Gasteiger partial charge on any atom is 0.183 e. The molecule has 2 rings (SSSR count). The summed E-state index contributed by atoms with van der Waals surface area (Å²) in [5, 5.41) is 0. The lowest BCUT2D eigenvalue weighted by molar-refractivity contribution is -0.124. The molecule has 3 nitrogen and oxygen atoms in total. The van der Waals surface area contributed by atoms with Crippen molar-refractivity contribution in [3.05, 3.63) is 43.3 Å². The van der Waals surface area contributed by atoms with Crippen molar-refractivity contribution in [3.63, 3.8) is 0 Å². The predicted octanol–water partition coefficient (Wildman–Crippen LogP) is 1.36. The fraction of sp³-hybridized carbons (Fsp3) is 0.385. The van der Waals surface area contributed by atoms with Crippen molar-refractivity contribution in [3.8, 4) is 0 Å². The van der Waals surface area contributed by atoms with Gasteiger partial charge in [0, 0.05) is 0 Å². The number of epoxide rings is 1. The average molecular weight is 220 g/mol. The van der Waals surface area contributed by atoms with E-state index in [-0.39, 0.29) is 13.2 Å². The Morgan fingerprint density at radius 3 is 2.56 bits per heavy atom. The molecule has 1 saturated heterocycles. The van der Waals surface area contributed by atoms with Gasteiger partial charge in [-0.3, -0.25) is 4.79 Å². The highest BCUT2D eigenvalue weighted by Crippen LogP contribution is 2.28. The molecular weight excluding hydrogens is 202 g/mol. The van der Waals surface area contributed by atoms with Gasteiger partial charge in [-0.1, -0.05) is 30.3 Å². The molecule has 0 aromatic heterocycles. The summed E-state index contributed by atoms with van der Waals surface area (Å²) in [6.07, 6.45) is 0.582. The van der Waals surface area contributed by atoms with Crippen LogP contribution in [0.2, 0.25) is 0 Å². The van der Waals surface area contributed by atoms with Crippen LogP contribution in [0.1, 0.15) is 12.5 Å². The zero-order valence-corrected chi connectivity index (χ0v) is 9.77. The number of nitrogens with two attached hydrogens (primary N) is 1. The lowest BCUT2D eigenvalue weighted by Gasteiger charge is -2.12. The Labute approximate surface area is 96.6 Å². The van der Waals surface area contributed by atoms with Crippen molar-refractivity contribution < 1.29 is 9.53 Å². The summed E-state index contributed by atoms with van der Waals surface area (Å²) in [4.78, 5) is 11.8. The maximum atomic E-state index is 11.8. The van der Waals surface area contributed by atoms with E-state index in [4.69, 9.17) is 10.5 Å². The highest BCUT2D eigenvalue weighted by molar-refractivity contribution is 5.93. The molecule has 1 aromatic carbocycles. The molecule has 0 saturated carbocycles. The van der Waals surface area contributed by atoms with Crippen LogP contribution in [-0.4, -0.2) is 24.0 Å². The van der Waals surface area contributed by atoms with Crippen molar-refractivity contribution in [2.75, 3.05) is 6.61 Å². The van der Waals surface area contributed by atoms with Crippen LogP contribution in [0.15, 0.2) is 30.3 Å². The normalized spacial score (nSPS) is 24.4. The zero-order valence-electron chi connectivity index (χ0n) is 9.77. The molecule has 0 amide bonds. The lowest BCUT2D eigenvalue weighted by Crippen LogP contribution is -2.40. The molecule has 2 N–H and O–H groups in total. The van der Waals surface area contributed by atoms with E-state index in [1.54, 1.807) is 6.92 Å². The third-order valence-corrected chi connectivity index (χ3v) is 2.73. The number of benzene rings is 1. The van der Waals surface area contributed by atoms with Crippen molar-refractivity contribution in [2.45, 2.75) is 25.0 Å². The third kappa shape index (κ3) is 2.68. The number of hydrogen-bond acceptors (Lipinski definition) is 3. The Kier molecular flexibility index (Phi) is 3.83. The van der Waals surface area contributed by atoms with E-state index in [2.05, 4.69) is 0 Å². The molecule has 0 unspecified atom stereocenters. The molecular formula is C13H18NO2-. The van der Waals surface area contributed by atoms with Crippen LogP contribution < -0.4 is 5.73 Å². The molecule has 1 fully saturated rings. The van der Waals surface area contributed by atoms with Crippen molar-refractivity contribution in [1.82, 2.24) is 0 Å². The Bertz CT molecular complexity index is 357. The topological polar surface area (TPSA) is 55.6 Å². The number of ketones is 1. The molecule has 2 atom stereocenters. The second-order valence-electron chi connectivity index (χ2n) is 4.18. The largest absolute Gasteiger partial charge is 0.362 e. The first-order valence-electron chi connectivity index (χ1n) is 5.09. The minimum absolute atomic E-state index is 0. The summed E-state index contributed by atoms with van der Waals surface area (Å²) in [6.45, 7) is 2.30. The molecule has 16 heavy (non-hydrogen) atoms. The highest BCUT2D eigenvalue weighted by Gasteiger charge is 2.48. The van der Waals surface area contributed by atoms with E-state index in [1.165, 1.54) is 0 Å². The standard InChI is InChI=1S/C12H15NO2.CH3/c1-12(8-15-12)11(14)10(13)7-9-5-3-2-4-6-9;/h2-6,10H,7-8,13H2,1H3;1H3/q;-1/t10-,12+;/m0./s1. The van der Waals surface area contributed by atoms with Crippen LogP contribution in [0.25, 0.3) is 0 Å².